The quantitative estimate of drug-likeness (QED) is 0.527. The second-order valence-corrected chi connectivity index (χ2v) is 4.39. The van der Waals surface area contributed by atoms with Crippen LogP contribution in [0.25, 0.3) is 0 Å². The summed E-state index contributed by atoms with van der Waals surface area (Å²) >= 11 is 0. The van der Waals surface area contributed by atoms with Gasteiger partial charge in [-0.05, 0) is 25.0 Å². The largest absolute Gasteiger partial charge is 0.481 e. The lowest BCUT2D eigenvalue weighted by Crippen LogP contribution is -2.40. The van der Waals surface area contributed by atoms with Crippen LogP contribution in [0.15, 0.2) is 18.3 Å². The van der Waals surface area contributed by atoms with Crippen molar-refractivity contribution in [1.82, 2.24) is 10.3 Å². The number of rotatable bonds is 8. The fourth-order valence-electron chi connectivity index (χ4n) is 1.69. The van der Waals surface area contributed by atoms with E-state index in [0.717, 1.165) is 0 Å². The van der Waals surface area contributed by atoms with Crippen LogP contribution in [-0.2, 0) is 16.1 Å². The molecule has 0 radical (unpaired) electrons. The molecule has 1 amide bonds. The number of amides is 1. The first kappa shape index (κ1) is 16.6. The number of aliphatic carboxylic acids is 2. The number of carboxylic acids is 2. The number of carboxylic acid groups (broad SMARTS) is 2. The summed E-state index contributed by atoms with van der Waals surface area (Å²) in [5, 5.41) is 19.9. The van der Waals surface area contributed by atoms with Gasteiger partial charge in [0.1, 0.15) is 6.04 Å². The molecule has 8 heteroatoms. The van der Waals surface area contributed by atoms with Gasteiger partial charge in [0.15, 0.2) is 0 Å². The Hall–Kier alpha value is -2.48. The number of nitrogens with two attached hydrogens (primary N) is 1. The van der Waals surface area contributed by atoms with Gasteiger partial charge in [0.2, 0.25) is 0 Å². The summed E-state index contributed by atoms with van der Waals surface area (Å²) in [6.45, 7) is 0.169. The highest BCUT2D eigenvalue weighted by Crippen LogP contribution is 2.06. The molecule has 1 atom stereocenters. The van der Waals surface area contributed by atoms with Crippen molar-refractivity contribution in [1.29, 1.82) is 0 Å². The normalized spacial score (nSPS) is 11.7. The molecule has 5 N–H and O–H groups in total. The Morgan fingerprint density at radius 2 is 2.05 bits per heavy atom. The van der Waals surface area contributed by atoms with Crippen LogP contribution in [0, 0.1) is 0 Å². The number of aromatic nitrogens is 1. The molecule has 0 saturated heterocycles. The maximum atomic E-state index is 12.0. The molecule has 21 heavy (non-hydrogen) atoms. The maximum Gasteiger partial charge on any atom is 0.326 e. The van der Waals surface area contributed by atoms with Crippen molar-refractivity contribution in [3.8, 4) is 0 Å². The second kappa shape index (κ2) is 7.95. The molecule has 8 nitrogen and oxygen atoms in total. The highest BCUT2D eigenvalue weighted by Gasteiger charge is 2.20. The number of hydrogen-bond acceptors (Lipinski definition) is 5. The lowest BCUT2D eigenvalue weighted by molar-refractivity contribution is -0.140. The summed E-state index contributed by atoms with van der Waals surface area (Å²) in [6.07, 6.45) is 1.47. The Morgan fingerprint density at radius 3 is 2.62 bits per heavy atom. The van der Waals surface area contributed by atoms with Crippen LogP contribution < -0.4 is 11.1 Å². The van der Waals surface area contributed by atoms with Crippen molar-refractivity contribution < 1.29 is 24.6 Å². The van der Waals surface area contributed by atoms with Crippen LogP contribution in [0.1, 0.15) is 35.3 Å². The first-order valence-corrected chi connectivity index (χ1v) is 6.34. The fraction of sp³-hybridized carbons (Fsp3) is 0.385. The van der Waals surface area contributed by atoms with E-state index in [9.17, 15) is 14.4 Å². The first-order chi connectivity index (χ1) is 9.93. The van der Waals surface area contributed by atoms with Crippen molar-refractivity contribution >= 4 is 17.8 Å². The zero-order valence-corrected chi connectivity index (χ0v) is 11.3. The molecule has 0 spiro atoms. The molecule has 1 heterocycles. The van der Waals surface area contributed by atoms with E-state index >= 15 is 0 Å². The maximum absolute atomic E-state index is 12.0. The van der Waals surface area contributed by atoms with Crippen LogP contribution >= 0.6 is 0 Å². The molecule has 0 aromatic carbocycles. The summed E-state index contributed by atoms with van der Waals surface area (Å²) in [7, 11) is 0. The van der Waals surface area contributed by atoms with Crippen LogP contribution in [0.2, 0.25) is 0 Å². The van der Waals surface area contributed by atoms with Gasteiger partial charge in [-0.3, -0.25) is 14.6 Å². The van der Waals surface area contributed by atoms with Gasteiger partial charge >= 0.3 is 11.9 Å². The predicted molar refractivity (Wildman–Crippen MR) is 72.5 cm³/mol. The topological polar surface area (TPSA) is 143 Å². The number of pyridine rings is 1. The minimum Gasteiger partial charge on any atom is -0.481 e. The first-order valence-electron chi connectivity index (χ1n) is 6.34. The number of carbonyl (C=O) groups excluding carboxylic acids is 1. The Kier molecular flexibility index (Phi) is 6.28. The van der Waals surface area contributed by atoms with Crippen molar-refractivity contribution in [3.05, 3.63) is 29.6 Å². The number of hydrogen-bond donors (Lipinski definition) is 4. The molecule has 0 aliphatic heterocycles. The summed E-state index contributed by atoms with van der Waals surface area (Å²) in [5.74, 6) is -2.77. The van der Waals surface area contributed by atoms with Gasteiger partial charge < -0.3 is 21.3 Å². The molecule has 114 valence electrons. The van der Waals surface area contributed by atoms with Gasteiger partial charge in [-0.15, -0.1) is 0 Å². The van der Waals surface area contributed by atoms with Crippen LogP contribution in [0.3, 0.4) is 0 Å². The molecule has 0 fully saturated rings. The summed E-state index contributed by atoms with van der Waals surface area (Å²) in [5.41, 5.74) is 6.19. The number of nitrogens with zero attached hydrogens (tertiary/aromatic N) is 1. The summed E-state index contributed by atoms with van der Waals surface area (Å²) in [6, 6.07) is 1.79. The Labute approximate surface area is 121 Å². The summed E-state index contributed by atoms with van der Waals surface area (Å²) in [4.78, 5) is 37.4. The number of carbonyl (C=O) groups is 3. The van der Waals surface area contributed by atoms with Gasteiger partial charge in [-0.2, -0.15) is 0 Å². The molecule has 1 aromatic heterocycles. The average molecular weight is 295 g/mol. The molecule has 0 unspecified atom stereocenters. The van der Waals surface area contributed by atoms with Gasteiger partial charge in [0.05, 0.1) is 5.69 Å². The molecule has 0 aliphatic carbocycles. The molecule has 0 aliphatic rings. The van der Waals surface area contributed by atoms with Crippen LogP contribution in [0.4, 0.5) is 0 Å². The van der Waals surface area contributed by atoms with Crippen molar-refractivity contribution in [2.45, 2.75) is 31.8 Å². The standard InChI is InChI=1S/C13H17N3O5/c14-7-9-6-8(4-5-15-9)12(19)16-10(13(20)21)2-1-3-11(17)18/h4-6,10H,1-3,7,14H2,(H,16,19)(H,17,18)(H,20,21)/t10-/m1/s1. The smallest absolute Gasteiger partial charge is 0.326 e. The third kappa shape index (κ3) is 5.57. The molecule has 0 saturated carbocycles. The van der Waals surface area contributed by atoms with Gasteiger partial charge in [-0.1, -0.05) is 0 Å². The zero-order chi connectivity index (χ0) is 15.8. The average Bonchev–Trinajstić information content (AvgIpc) is 2.45. The summed E-state index contributed by atoms with van der Waals surface area (Å²) < 4.78 is 0. The van der Waals surface area contributed by atoms with E-state index in [1.807, 2.05) is 0 Å². The molecule has 1 aromatic rings. The van der Waals surface area contributed by atoms with Gasteiger partial charge in [0.25, 0.3) is 5.91 Å². The molecular weight excluding hydrogens is 278 g/mol. The highest BCUT2D eigenvalue weighted by atomic mass is 16.4. The zero-order valence-electron chi connectivity index (χ0n) is 11.3. The second-order valence-electron chi connectivity index (χ2n) is 4.39. The van der Waals surface area contributed by atoms with E-state index in [0.29, 0.717) is 5.69 Å². The van der Waals surface area contributed by atoms with E-state index < -0.39 is 23.9 Å². The van der Waals surface area contributed by atoms with Crippen molar-refractivity contribution in [2.24, 2.45) is 5.73 Å². The minimum absolute atomic E-state index is 0.0439. The van der Waals surface area contributed by atoms with Crippen molar-refractivity contribution in [2.75, 3.05) is 0 Å². The molecular formula is C13H17N3O5. The fourth-order valence-corrected chi connectivity index (χ4v) is 1.69. The predicted octanol–water partition coefficient (Wildman–Crippen LogP) is -0.0218. The highest BCUT2D eigenvalue weighted by molar-refractivity contribution is 5.96. The van der Waals surface area contributed by atoms with Gasteiger partial charge in [-0.25, -0.2) is 4.79 Å². The Bertz CT molecular complexity index is 532. The Morgan fingerprint density at radius 1 is 1.33 bits per heavy atom. The van der Waals surface area contributed by atoms with E-state index in [1.54, 1.807) is 0 Å². The SMILES string of the molecule is NCc1cc(C(=O)N[C@H](CCCC(=O)O)C(=O)O)ccn1. The lowest BCUT2D eigenvalue weighted by atomic mass is 10.1. The molecule has 0 bridgehead atoms. The third-order valence-corrected chi connectivity index (χ3v) is 2.77. The van der Waals surface area contributed by atoms with Crippen molar-refractivity contribution in [3.63, 3.8) is 0 Å². The third-order valence-electron chi connectivity index (χ3n) is 2.77. The minimum atomic E-state index is -1.21. The Balaban J connectivity index is 2.67. The molecule has 1 rings (SSSR count). The van der Waals surface area contributed by atoms with E-state index in [-0.39, 0.29) is 31.4 Å². The van der Waals surface area contributed by atoms with E-state index in [4.69, 9.17) is 15.9 Å². The number of nitrogens with one attached hydrogen (secondary N) is 1. The lowest BCUT2D eigenvalue weighted by Gasteiger charge is -2.14. The van der Waals surface area contributed by atoms with Gasteiger partial charge in [0, 0.05) is 24.7 Å². The monoisotopic (exact) mass is 295 g/mol. The van der Waals surface area contributed by atoms with Crippen LogP contribution in [0.5, 0.6) is 0 Å². The van der Waals surface area contributed by atoms with E-state index in [1.165, 1.54) is 18.3 Å². The van der Waals surface area contributed by atoms with E-state index in [2.05, 4.69) is 10.3 Å². The van der Waals surface area contributed by atoms with Crippen LogP contribution in [-0.4, -0.2) is 39.1 Å².